The second-order valence-corrected chi connectivity index (χ2v) is 8.39. The summed E-state index contributed by atoms with van der Waals surface area (Å²) in [6.45, 7) is 3.97. The van der Waals surface area contributed by atoms with Gasteiger partial charge >= 0.3 is 5.97 Å². The molecule has 0 radical (unpaired) electrons. The number of esters is 1. The molecule has 0 saturated carbocycles. The van der Waals surface area contributed by atoms with E-state index in [1.54, 1.807) is 24.3 Å². The molecule has 164 valence electrons. The number of anilines is 1. The van der Waals surface area contributed by atoms with Gasteiger partial charge in [0.2, 0.25) is 11.8 Å². The average molecular weight is 450 g/mol. The predicted octanol–water partition coefficient (Wildman–Crippen LogP) is 3.80. The number of nitrogens with zero attached hydrogens (tertiary/aromatic N) is 1. The third-order valence-electron chi connectivity index (χ3n) is 5.23. The van der Waals surface area contributed by atoms with E-state index in [1.807, 2.05) is 32.0 Å². The summed E-state index contributed by atoms with van der Waals surface area (Å²) in [5.41, 5.74) is 4.42. The fourth-order valence-corrected chi connectivity index (χ4v) is 4.22. The number of carbonyl (C=O) groups excluding carboxylic acids is 3. The molecular formula is C24H23N3O4S. The monoisotopic (exact) mass is 449 g/mol. The Balaban J connectivity index is 1.75. The van der Waals surface area contributed by atoms with Crippen molar-refractivity contribution in [2.75, 3.05) is 18.2 Å². The molecule has 1 aliphatic heterocycles. The minimum atomic E-state index is -0.458. The SMILES string of the molecule is COC(=O)c1ccc([C@@H]2CC(=O)NC(SCC(=O)Nc3ccc(C)c(C)c3)=C2C#N)cc1. The highest BCUT2D eigenvalue weighted by atomic mass is 32.2. The van der Waals surface area contributed by atoms with Crippen molar-refractivity contribution >= 4 is 35.2 Å². The molecule has 0 unspecified atom stereocenters. The number of hydrogen-bond donors (Lipinski definition) is 2. The van der Waals surface area contributed by atoms with Gasteiger partial charge in [-0.3, -0.25) is 9.59 Å². The maximum Gasteiger partial charge on any atom is 0.337 e. The van der Waals surface area contributed by atoms with Gasteiger partial charge in [0.25, 0.3) is 0 Å². The molecule has 2 N–H and O–H groups in total. The van der Waals surface area contributed by atoms with E-state index < -0.39 is 11.9 Å². The smallest absolute Gasteiger partial charge is 0.337 e. The first kappa shape index (κ1) is 23.1. The van der Waals surface area contributed by atoms with Crippen LogP contribution >= 0.6 is 11.8 Å². The quantitative estimate of drug-likeness (QED) is 0.650. The Bertz CT molecular complexity index is 1130. The number of benzene rings is 2. The van der Waals surface area contributed by atoms with Crippen LogP contribution in [0.2, 0.25) is 0 Å². The number of thioether (sulfide) groups is 1. The number of nitrogens with one attached hydrogen (secondary N) is 2. The summed E-state index contributed by atoms with van der Waals surface area (Å²) in [6, 6.07) is 14.5. The Hall–Kier alpha value is -3.57. The van der Waals surface area contributed by atoms with Crippen molar-refractivity contribution < 1.29 is 19.1 Å². The molecular weight excluding hydrogens is 426 g/mol. The molecule has 1 aliphatic rings. The van der Waals surface area contributed by atoms with Crippen LogP contribution < -0.4 is 10.6 Å². The minimum Gasteiger partial charge on any atom is -0.465 e. The number of rotatable bonds is 6. The highest BCUT2D eigenvalue weighted by molar-refractivity contribution is 8.03. The first-order chi connectivity index (χ1) is 15.3. The van der Waals surface area contributed by atoms with Crippen molar-refractivity contribution in [2.24, 2.45) is 0 Å². The number of aryl methyl sites for hydroxylation is 2. The van der Waals surface area contributed by atoms with Crippen LogP contribution in [0, 0.1) is 25.2 Å². The average Bonchev–Trinajstić information content (AvgIpc) is 2.79. The standard InChI is InChI=1S/C24H23N3O4S/c1-14-4-9-18(10-15(14)2)26-22(29)13-32-23-20(12-25)19(11-21(28)27-23)16-5-7-17(8-6-16)24(30)31-3/h4-10,19H,11,13H2,1-3H3,(H,26,29)(H,27,28)/t19-/m0/s1. The van der Waals surface area contributed by atoms with Gasteiger partial charge in [-0.05, 0) is 54.8 Å². The number of amides is 2. The molecule has 0 fully saturated rings. The van der Waals surface area contributed by atoms with Crippen molar-refractivity contribution in [2.45, 2.75) is 26.2 Å². The molecule has 2 amide bonds. The molecule has 2 aromatic carbocycles. The van der Waals surface area contributed by atoms with Crippen LogP contribution in [0.15, 0.2) is 53.1 Å². The summed E-state index contributed by atoms with van der Waals surface area (Å²) in [4.78, 5) is 36.4. The van der Waals surface area contributed by atoms with Gasteiger partial charge in [-0.2, -0.15) is 5.26 Å². The van der Waals surface area contributed by atoms with Crippen molar-refractivity contribution in [3.63, 3.8) is 0 Å². The summed E-state index contributed by atoms with van der Waals surface area (Å²) in [5, 5.41) is 15.7. The number of hydrogen-bond acceptors (Lipinski definition) is 6. The molecule has 32 heavy (non-hydrogen) atoms. The van der Waals surface area contributed by atoms with Gasteiger partial charge in [-0.25, -0.2) is 4.79 Å². The van der Waals surface area contributed by atoms with Crippen LogP contribution in [0.4, 0.5) is 5.69 Å². The third-order valence-corrected chi connectivity index (χ3v) is 6.25. The van der Waals surface area contributed by atoms with Gasteiger partial charge in [0.1, 0.15) is 0 Å². The minimum absolute atomic E-state index is 0.0434. The highest BCUT2D eigenvalue weighted by Crippen LogP contribution is 2.36. The lowest BCUT2D eigenvalue weighted by Gasteiger charge is -2.25. The molecule has 0 aliphatic carbocycles. The number of nitriles is 1. The van der Waals surface area contributed by atoms with Gasteiger partial charge in [-0.15, -0.1) is 0 Å². The Morgan fingerprint density at radius 2 is 1.91 bits per heavy atom. The van der Waals surface area contributed by atoms with E-state index in [2.05, 4.69) is 16.7 Å². The first-order valence-electron chi connectivity index (χ1n) is 9.94. The van der Waals surface area contributed by atoms with Crippen molar-refractivity contribution in [1.82, 2.24) is 5.32 Å². The molecule has 2 aromatic rings. The zero-order valence-corrected chi connectivity index (χ0v) is 18.8. The molecule has 0 aromatic heterocycles. The summed E-state index contributed by atoms with van der Waals surface area (Å²) in [5.74, 6) is -1.34. The van der Waals surface area contributed by atoms with Crippen LogP contribution in [-0.4, -0.2) is 30.6 Å². The lowest BCUT2D eigenvalue weighted by Crippen LogP contribution is -2.31. The zero-order valence-electron chi connectivity index (χ0n) is 18.0. The van der Waals surface area contributed by atoms with E-state index in [4.69, 9.17) is 4.74 Å². The molecule has 7 nitrogen and oxygen atoms in total. The third kappa shape index (κ3) is 5.37. The summed E-state index contributed by atoms with van der Waals surface area (Å²) in [6.07, 6.45) is 0.110. The summed E-state index contributed by atoms with van der Waals surface area (Å²) < 4.78 is 4.70. The summed E-state index contributed by atoms with van der Waals surface area (Å²) in [7, 11) is 1.30. The van der Waals surface area contributed by atoms with E-state index in [-0.39, 0.29) is 24.0 Å². The van der Waals surface area contributed by atoms with Crippen LogP contribution in [0.5, 0.6) is 0 Å². The van der Waals surface area contributed by atoms with Crippen molar-refractivity contribution in [3.8, 4) is 6.07 Å². The van der Waals surface area contributed by atoms with Gasteiger partial charge in [0.15, 0.2) is 0 Å². The predicted molar refractivity (Wildman–Crippen MR) is 123 cm³/mol. The maximum absolute atomic E-state index is 12.4. The first-order valence-corrected chi connectivity index (χ1v) is 10.9. The Morgan fingerprint density at radius 1 is 1.19 bits per heavy atom. The van der Waals surface area contributed by atoms with Gasteiger partial charge in [0.05, 0.1) is 35.1 Å². The molecule has 1 heterocycles. The maximum atomic E-state index is 12.4. The molecule has 0 bridgehead atoms. The molecule has 8 heteroatoms. The Kier molecular flexibility index (Phi) is 7.33. The van der Waals surface area contributed by atoms with E-state index in [0.717, 1.165) is 28.5 Å². The van der Waals surface area contributed by atoms with Gasteiger partial charge in [0, 0.05) is 18.0 Å². The van der Waals surface area contributed by atoms with Crippen LogP contribution in [0.3, 0.4) is 0 Å². The van der Waals surface area contributed by atoms with Gasteiger partial charge in [-0.1, -0.05) is 30.0 Å². The lowest BCUT2D eigenvalue weighted by molar-refractivity contribution is -0.121. The normalized spacial score (nSPS) is 15.6. The molecule has 1 atom stereocenters. The molecule has 0 spiro atoms. The Morgan fingerprint density at radius 3 is 2.53 bits per heavy atom. The number of methoxy groups -OCH3 is 1. The van der Waals surface area contributed by atoms with E-state index in [0.29, 0.717) is 21.9 Å². The largest absolute Gasteiger partial charge is 0.465 e. The van der Waals surface area contributed by atoms with Crippen LogP contribution in [0.25, 0.3) is 0 Å². The number of allylic oxidation sites excluding steroid dienone is 1. The van der Waals surface area contributed by atoms with E-state index >= 15 is 0 Å². The fourth-order valence-electron chi connectivity index (χ4n) is 3.34. The number of ether oxygens (including phenoxy) is 1. The topological polar surface area (TPSA) is 108 Å². The highest BCUT2D eigenvalue weighted by Gasteiger charge is 2.30. The van der Waals surface area contributed by atoms with Crippen LogP contribution in [0.1, 0.15) is 39.4 Å². The van der Waals surface area contributed by atoms with E-state index in [1.165, 1.54) is 7.11 Å². The van der Waals surface area contributed by atoms with Crippen molar-refractivity contribution in [3.05, 3.63) is 75.3 Å². The zero-order chi connectivity index (χ0) is 23.3. The molecule has 3 rings (SSSR count). The second kappa shape index (κ2) is 10.2. The second-order valence-electron chi connectivity index (χ2n) is 7.41. The van der Waals surface area contributed by atoms with Crippen molar-refractivity contribution in [1.29, 1.82) is 5.26 Å². The fraction of sp³-hybridized carbons (Fsp3) is 0.250. The molecule has 0 saturated heterocycles. The summed E-state index contributed by atoms with van der Waals surface area (Å²) >= 11 is 1.12. The van der Waals surface area contributed by atoms with Gasteiger partial charge < -0.3 is 15.4 Å². The van der Waals surface area contributed by atoms with E-state index in [9.17, 15) is 19.6 Å². The lowest BCUT2D eigenvalue weighted by atomic mass is 9.87. The Labute approximate surface area is 190 Å². The number of carbonyl (C=O) groups is 3. The van der Waals surface area contributed by atoms with Crippen LogP contribution in [-0.2, 0) is 14.3 Å².